The predicted octanol–water partition coefficient (Wildman–Crippen LogP) is 7.65. The summed E-state index contributed by atoms with van der Waals surface area (Å²) in [5.74, 6) is -2.80. The van der Waals surface area contributed by atoms with Crippen LogP contribution in [0.4, 0.5) is 13.2 Å². The first-order valence-corrected chi connectivity index (χ1v) is 17.8. The van der Waals surface area contributed by atoms with Crippen LogP contribution >= 0.6 is 0 Å². The number of halogens is 3. The summed E-state index contributed by atoms with van der Waals surface area (Å²) >= 11 is 0. The fraction of sp³-hybridized carbons (Fsp3) is 0.806. The SMILES string of the molecule is CCCC1=C2OC(=O)CC(C(F)(F)F)C2CC(CCC)C1OCCCCNC(=O)C(C1=CCCCC1)(C1CCC(C)C1)N(C)C=O. The number of alkyl halides is 3. The fourth-order valence-electron chi connectivity index (χ4n) is 8.85. The number of carbonyl (C=O) groups is 3. The number of nitrogens with zero attached hydrogens (tertiary/aromatic N) is 1. The quantitative estimate of drug-likeness (QED) is 0.0851. The van der Waals surface area contributed by atoms with Crippen molar-refractivity contribution in [1.82, 2.24) is 10.2 Å². The molecule has 0 radical (unpaired) electrons. The lowest BCUT2D eigenvalue weighted by Crippen LogP contribution is -2.62. The molecule has 7 nitrogen and oxygen atoms in total. The Hall–Kier alpha value is -2.36. The first-order chi connectivity index (χ1) is 22.0. The van der Waals surface area contributed by atoms with Crippen LogP contribution in [-0.2, 0) is 23.9 Å². The Labute approximate surface area is 273 Å². The Balaban J connectivity index is 1.43. The molecule has 2 amide bonds. The van der Waals surface area contributed by atoms with Crippen molar-refractivity contribution in [2.24, 2.45) is 29.6 Å². The number of carbonyl (C=O) groups excluding carboxylic acids is 3. The van der Waals surface area contributed by atoms with E-state index in [9.17, 15) is 27.6 Å². The smallest absolute Gasteiger partial charge is 0.393 e. The van der Waals surface area contributed by atoms with Crippen LogP contribution in [0.15, 0.2) is 23.0 Å². The van der Waals surface area contributed by atoms with Gasteiger partial charge in [0.05, 0.1) is 18.4 Å². The zero-order valence-corrected chi connectivity index (χ0v) is 28.3. The third kappa shape index (κ3) is 7.84. The van der Waals surface area contributed by atoms with E-state index >= 15 is 0 Å². The van der Waals surface area contributed by atoms with Crippen LogP contribution in [0.2, 0.25) is 0 Å². The Morgan fingerprint density at radius 3 is 2.54 bits per heavy atom. The topological polar surface area (TPSA) is 84.9 Å². The molecule has 2 fully saturated rings. The molecule has 46 heavy (non-hydrogen) atoms. The summed E-state index contributed by atoms with van der Waals surface area (Å²) in [6.07, 6.45) is 8.59. The van der Waals surface area contributed by atoms with Crippen LogP contribution < -0.4 is 5.32 Å². The van der Waals surface area contributed by atoms with Crippen LogP contribution in [0.25, 0.3) is 0 Å². The van der Waals surface area contributed by atoms with Gasteiger partial charge in [0.25, 0.3) is 5.91 Å². The molecule has 0 aromatic rings. The number of likely N-dealkylation sites (N-methyl/N-ethyl adjacent to an activating group) is 1. The van der Waals surface area contributed by atoms with Gasteiger partial charge >= 0.3 is 12.1 Å². The Kier molecular flexibility index (Phi) is 12.8. The van der Waals surface area contributed by atoms with Gasteiger partial charge in [-0.1, -0.05) is 46.1 Å². The normalized spacial score (nSPS) is 29.8. The van der Waals surface area contributed by atoms with Gasteiger partial charge in [0, 0.05) is 26.1 Å². The molecule has 0 spiro atoms. The molecule has 3 aliphatic carbocycles. The number of hydrogen-bond acceptors (Lipinski definition) is 5. The number of unbranched alkanes of at least 4 members (excludes halogenated alkanes) is 1. The molecule has 1 N–H and O–H groups in total. The Bertz CT molecular complexity index is 1140. The summed E-state index contributed by atoms with van der Waals surface area (Å²) < 4.78 is 54.0. The second kappa shape index (κ2) is 16.2. The lowest BCUT2D eigenvalue weighted by Gasteiger charge is -2.46. The molecule has 1 aliphatic heterocycles. The molecule has 10 heteroatoms. The maximum Gasteiger partial charge on any atom is 0.393 e. The van der Waals surface area contributed by atoms with E-state index < -0.39 is 42.0 Å². The maximum atomic E-state index is 14.1. The van der Waals surface area contributed by atoms with E-state index in [1.165, 1.54) is 0 Å². The van der Waals surface area contributed by atoms with Crippen LogP contribution in [0.5, 0.6) is 0 Å². The zero-order chi connectivity index (χ0) is 33.5. The van der Waals surface area contributed by atoms with Gasteiger partial charge in [0.1, 0.15) is 11.3 Å². The molecule has 0 aromatic heterocycles. The number of rotatable bonds is 15. The molecule has 1 saturated carbocycles. The lowest BCUT2D eigenvalue weighted by molar-refractivity contribution is -0.209. The van der Waals surface area contributed by atoms with Crippen molar-refractivity contribution in [3.05, 3.63) is 23.0 Å². The van der Waals surface area contributed by atoms with E-state index in [0.29, 0.717) is 50.3 Å². The van der Waals surface area contributed by atoms with E-state index in [0.717, 1.165) is 69.8 Å². The minimum atomic E-state index is -4.47. The molecule has 0 aromatic carbocycles. The van der Waals surface area contributed by atoms with E-state index in [1.54, 1.807) is 11.9 Å². The van der Waals surface area contributed by atoms with Gasteiger partial charge < -0.3 is 19.7 Å². The van der Waals surface area contributed by atoms with Crippen LogP contribution in [-0.4, -0.2) is 61.2 Å². The molecular formula is C36H55F3N2O5. The zero-order valence-electron chi connectivity index (χ0n) is 28.3. The average Bonchev–Trinajstić information content (AvgIpc) is 3.46. The van der Waals surface area contributed by atoms with Crippen molar-refractivity contribution in [1.29, 1.82) is 0 Å². The highest BCUT2D eigenvalue weighted by Crippen LogP contribution is 2.51. The van der Waals surface area contributed by atoms with Gasteiger partial charge in [0.15, 0.2) is 0 Å². The van der Waals surface area contributed by atoms with Gasteiger partial charge in [-0.15, -0.1) is 0 Å². The molecule has 0 bridgehead atoms. The van der Waals surface area contributed by atoms with Crippen molar-refractivity contribution >= 4 is 18.3 Å². The highest BCUT2D eigenvalue weighted by Gasteiger charge is 2.55. The first kappa shape index (κ1) is 36.5. The standard InChI is InChI=1S/C36H55F3N2O5/c1-5-12-25-21-29-30(36(37,38)39)22-31(43)46-33(29)28(13-6-2)32(25)45-19-11-10-18-40-34(44)35(41(4)23-42,26-14-8-7-9-15-26)27-17-16-24(3)20-27/h14,23-25,27,29-30,32H,5-13,15-22H2,1-4H3,(H,40,44). The van der Waals surface area contributed by atoms with E-state index in [1.807, 2.05) is 13.8 Å². The maximum absolute atomic E-state index is 14.1. The van der Waals surface area contributed by atoms with Crippen LogP contribution in [0.1, 0.15) is 117 Å². The minimum absolute atomic E-state index is 0.0758. The Morgan fingerprint density at radius 1 is 1.15 bits per heavy atom. The monoisotopic (exact) mass is 652 g/mol. The van der Waals surface area contributed by atoms with Crippen molar-refractivity contribution < 1.29 is 37.0 Å². The number of ether oxygens (including phenoxy) is 2. The molecule has 260 valence electrons. The number of nitrogens with one attached hydrogen (secondary N) is 1. The molecule has 4 aliphatic rings. The second-order valence-electron chi connectivity index (χ2n) is 14.2. The molecule has 4 rings (SSSR count). The minimum Gasteiger partial charge on any atom is -0.431 e. The predicted molar refractivity (Wildman–Crippen MR) is 170 cm³/mol. The van der Waals surface area contributed by atoms with Crippen molar-refractivity contribution in [2.75, 3.05) is 20.2 Å². The Morgan fingerprint density at radius 2 is 1.93 bits per heavy atom. The summed E-state index contributed by atoms with van der Waals surface area (Å²) in [5, 5.41) is 3.18. The lowest BCUT2D eigenvalue weighted by atomic mass is 9.69. The molecular weight excluding hydrogens is 597 g/mol. The number of fused-ring (bicyclic) bond motifs is 1. The van der Waals surface area contributed by atoms with Crippen molar-refractivity contribution in [2.45, 2.75) is 135 Å². The first-order valence-electron chi connectivity index (χ1n) is 17.8. The van der Waals surface area contributed by atoms with E-state index in [2.05, 4.69) is 18.3 Å². The van der Waals surface area contributed by atoms with Gasteiger partial charge in [0.2, 0.25) is 6.41 Å². The fourth-order valence-corrected chi connectivity index (χ4v) is 8.85. The average molecular weight is 653 g/mol. The van der Waals surface area contributed by atoms with Crippen LogP contribution in [0, 0.1) is 29.6 Å². The van der Waals surface area contributed by atoms with Gasteiger partial charge in [-0.2, -0.15) is 13.2 Å². The second-order valence-corrected chi connectivity index (χ2v) is 14.2. The largest absolute Gasteiger partial charge is 0.431 e. The molecule has 1 saturated heterocycles. The van der Waals surface area contributed by atoms with E-state index in [4.69, 9.17) is 9.47 Å². The highest BCUT2D eigenvalue weighted by molar-refractivity contribution is 5.92. The van der Waals surface area contributed by atoms with Crippen molar-refractivity contribution in [3.63, 3.8) is 0 Å². The molecule has 1 heterocycles. The number of esters is 1. The van der Waals surface area contributed by atoms with Gasteiger partial charge in [-0.05, 0) is 99.5 Å². The third-order valence-corrected chi connectivity index (χ3v) is 11.0. The van der Waals surface area contributed by atoms with E-state index in [-0.39, 0.29) is 29.9 Å². The number of hydrogen-bond donors (Lipinski definition) is 1. The molecule has 7 unspecified atom stereocenters. The van der Waals surface area contributed by atoms with Gasteiger partial charge in [-0.3, -0.25) is 14.4 Å². The van der Waals surface area contributed by atoms with Crippen molar-refractivity contribution in [3.8, 4) is 0 Å². The summed E-state index contributed by atoms with van der Waals surface area (Å²) in [6.45, 7) is 7.02. The summed E-state index contributed by atoms with van der Waals surface area (Å²) in [6, 6.07) is 0. The summed E-state index contributed by atoms with van der Waals surface area (Å²) in [7, 11) is 1.74. The number of allylic oxidation sites excluding steroid dienone is 2. The summed E-state index contributed by atoms with van der Waals surface area (Å²) in [5.41, 5.74) is 0.808. The third-order valence-electron chi connectivity index (χ3n) is 11.0. The highest BCUT2D eigenvalue weighted by atomic mass is 19.4. The van der Waals surface area contributed by atoms with Crippen LogP contribution in [0.3, 0.4) is 0 Å². The molecule has 7 atom stereocenters. The van der Waals surface area contributed by atoms with Gasteiger partial charge in [-0.25, -0.2) is 0 Å². The number of amides is 2. The summed E-state index contributed by atoms with van der Waals surface area (Å²) in [4.78, 5) is 40.3.